The summed E-state index contributed by atoms with van der Waals surface area (Å²) < 4.78 is 20.8. The van der Waals surface area contributed by atoms with Crippen molar-refractivity contribution in [2.24, 2.45) is 0 Å². The topological polar surface area (TPSA) is 15.7 Å². The summed E-state index contributed by atoms with van der Waals surface area (Å²) in [4.78, 5) is 1.99. The van der Waals surface area contributed by atoms with Gasteiger partial charge in [0.1, 0.15) is 0 Å². The standard InChI is InChI=1S/C9H16BrFN2O/c10-12-3-4-13(9(11)7-12)8-1-5-14-6-2-8/h8-9H,1-7H2. The first kappa shape index (κ1) is 10.8. The van der Waals surface area contributed by atoms with E-state index in [9.17, 15) is 4.39 Å². The average molecular weight is 267 g/mol. The highest BCUT2D eigenvalue weighted by molar-refractivity contribution is 9.07. The molecule has 5 heteroatoms. The van der Waals surface area contributed by atoms with Gasteiger partial charge in [-0.05, 0) is 12.8 Å². The number of halogens is 2. The first-order valence-electron chi connectivity index (χ1n) is 5.15. The maximum Gasteiger partial charge on any atom is 0.167 e. The molecule has 0 aliphatic carbocycles. The Morgan fingerprint density at radius 1 is 1.21 bits per heavy atom. The largest absolute Gasteiger partial charge is 0.381 e. The fourth-order valence-electron chi connectivity index (χ4n) is 2.15. The van der Waals surface area contributed by atoms with Crippen molar-refractivity contribution < 1.29 is 9.13 Å². The lowest BCUT2D eigenvalue weighted by molar-refractivity contribution is -0.0409. The van der Waals surface area contributed by atoms with Crippen molar-refractivity contribution in [3.8, 4) is 0 Å². The van der Waals surface area contributed by atoms with Gasteiger partial charge in [-0.1, -0.05) is 0 Å². The third kappa shape index (κ3) is 2.45. The minimum atomic E-state index is -0.828. The van der Waals surface area contributed by atoms with Crippen LogP contribution in [-0.4, -0.2) is 54.0 Å². The van der Waals surface area contributed by atoms with Crippen molar-refractivity contribution in [3.63, 3.8) is 0 Å². The molecule has 2 aliphatic heterocycles. The maximum absolute atomic E-state index is 13.7. The molecule has 1 atom stereocenters. The van der Waals surface area contributed by atoms with E-state index in [1.165, 1.54) is 0 Å². The normalized spacial score (nSPS) is 33.4. The minimum absolute atomic E-state index is 0.389. The van der Waals surface area contributed by atoms with Crippen molar-refractivity contribution in [1.29, 1.82) is 0 Å². The molecule has 2 rings (SSSR count). The van der Waals surface area contributed by atoms with Crippen LogP contribution in [0.1, 0.15) is 12.8 Å². The summed E-state index contributed by atoms with van der Waals surface area (Å²) in [6.45, 7) is 3.75. The molecule has 0 amide bonds. The average Bonchev–Trinajstić information content (AvgIpc) is 2.19. The molecule has 2 heterocycles. The van der Waals surface area contributed by atoms with Gasteiger partial charge in [-0.2, -0.15) is 0 Å². The van der Waals surface area contributed by atoms with Crippen LogP contribution in [0.15, 0.2) is 0 Å². The van der Waals surface area contributed by atoms with E-state index in [4.69, 9.17) is 4.74 Å². The molecular formula is C9H16BrFN2O. The molecule has 1 unspecified atom stereocenters. The number of ether oxygens (including phenoxy) is 1. The van der Waals surface area contributed by atoms with Gasteiger partial charge in [-0.25, -0.2) is 8.32 Å². The zero-order valence-corrected chi connectivity index (χ0v) is 9.75. The number of piperazine rings is 1. The van der Waals surface area contributed by atoms with Gasteiger partial charge in [0, 0.05) is 48.5 Å². The Hall–Kier alpha value is 0.290. The first-order valence-corrected chi connectivity index (χ1v) is 5.86. The molecule has 2 saturated heterocycles. The molecule has 14 heavy (non-hydrogen) atoms. The number of hydrogen-bond acceptors (Lipinski definition) is 3. The van der Waals surface area contributed by atoms with Crippen molar-refractivity contribution >= 4 is 16.1 Å². The highest BCUT2D eigenvalue weighted by Gasteiger charge is 2.31. The van der Waals surface area contributed by atoms with Gasteiger partial charge in [-0.15, -0.1) is 0 Å². The molecule has 3 nitrogen and oxygen atoms in total. The lowest BCUT2D eigenvalue weighted by Crippen LogP contribution is -2.53. The summed E-state index contributed by atoms with van der Waals surface area (Å²) in [5, 5.41) is 0. The van der Waals surface area contributed by atoms with E-state index in [2.05, 4.69) is 16.1 Å². The quantitative estimate of drug-likeness (QED) is 0.527. The molecule has 0 radical (unpaired) electrons. The van der Waals surface area contributed by atoms with Crippen LogP contribution in [0.25, 0.3) is 0 Å². The van der Waals surface area contributed by atoms with E-state index in [0.717, 1.165) is 39.1 Å². The third-order valence-electron chi connectivity index (χ3n) is 2.97. The first-order chi connectivity index (χ1) is 6.77. The second-order valence-electron chi connectivity index (χ2n) is 3.88. The number of rotatable bonds is 1. The molecule has 0 aromatic heterocycles. The van der Waals surface area contributed by atoms with Gasteiger partial charge in [0.25, 0.3) is 0 Å². The summed E-state index contributed by atoms with van der Waals surface area (Å²) in [5.74, 6) is 0. The number of hydrogen-bond donors (Lipinski definition) is 0. The predicted octanol–water partition coefficient (Wildman–Crippen LogP) is 1.39. The van der Waals surface area contributed by atoms with Gasteiger partial charge < -0.3 is 4.74 Å². The highest BCUT2D eigenvalue weighted by Crippen LogP contribution is 2.22. The monoisotopic (exact) mass is 266 g/mol. The highest BCUT2D eigenvalue weighted by atomic mass is 79.9. The molecule has 2 aliphatic rings. The molecular weight excluding hydrogens is 251 g/mol. The lowest BCUT2D eigenvalue weighted by atomic mass is 10.1. The van der Waals surface area contributed by atoms with E-state index < -0.39 is 6.30 Å². The SMILES string of the molecule is FC1CN(Br)CCN1C1CCOCC1. The van der Waals surface area contributed by atoms with Crippen LogP contribution in [-0.2, 0) is 4.74 Å². The molecule has 0 aromatic rings. The Morgan fingerprint density at radius 2 is 1.93 bits per heavy atom. The Balaban J connectivity index is 1.89. The molecule has 0 N–H and O–H groups in total. The van der Waals surface area contributed by atoms with Crippen molar-refractivity contribution in [1.82, 2.24) is 8.83 Å². The zero-order chi connectivity index (χ0) is 9.97. The Bertz CT molecular complexity index is 190. The van der Waals surface area contributed by atoms with Gasteiger partial charge in [0.15, 0.2) is 6.30 Å². The van der Waals surface area contributed by atoms with Crippen LogP contribution < -0.4 is 0 Å². The van der Waals surface area contributed by atoms with Crippen molar-refractivity contribution in [3.05, 3.63) is 0 Å². The van der Waals surface area contributed by atoms with Crippen LogP contribution in [0.4, 0.5) is 4.39 Å². The van der Waals surface area contributed by atoms with Crippen molar-refractivity contribution in [2.45, 2.75) is 25.2 Å². The Labute approximate surface area is 92.5 Å². The minimum Gasteiger partial charge on any atom is -0.381 e. The van der Waals surface area contributed by atoms with Crippen LogP contribution in [0.5, 0.6) is 0 Å². The molecule has 0 bridgehead atoms. The second kappa shape index (κ2) is 4.88. The third-order valence-corrected chi connectivity index (χ3v) is 3.61. The fourth-order valence-corrected chi connectivity index (χ4v) is 2.55. The maximum atomic E-state index is 13.7. The second-order valence-corrected chi connectivity index (χ2v) is 4.89. The van der Waals surface area contributed by atoms with E-state index in [0.29, 0.717) is 12.6 Å². The molecule has 82 valence electrons. The molecule has 2 fully saturated rings. The van der Waals surface area contributed by atoms with Crippen molar-refractivity contribution in [2.75, 3.05) is 32.8 Å². The predicted molar refractivity (Wildman–Crippen MR) is 55.9 cm³/mol. The van der Waals surface area contributed by atoms with E-state index >= 15 is 0 Å². The summed E-state index contributed by atoms with van der Waals surface area (Å²) in [6.07, 6.45) is 1.12. The summed E-state index contributed by atoms with van der Waals surface area (Å²) >= 11 is 3.32. The van der Waals surface area contributed by atoms with Gasteiger partial charge in [0.2, 0.25) is 0 Å². The summed E-state index contributed by atoms with van der Waals surface area (Å²) in [5.41, 5.74) is 0. The van der Waals surface area contributed by atoms with Gasteiger partial charge in [0.05, 0.1) is 6.54 Å². The van der Waals surface area contributed by atoms with Crippen LogP contribution in [0, 0.1) is 0 Å². The zero-order valence-electron chi connectivity index (χ0n) is 8.16. The Kier molecular flexibility index (Phi) is 3.76. The van der Waals surface area contributed by atoms with E-state index in [1.54, 1.807) is 0 Å². The van der Waals surface area contributed by atoms with Crippen LogP contribution in [0.2, 0.25) is 0 Å². The van der Waals surface area contributed by atoms with Crippen LogP contribution >= 0.6 is 16.1 Å². The molecule has 0 saturated carbocycles. The molecule has 0 aromatic carbocycles. The summed E-state index contributed by atoms with van der Waals surface area (Å²) in [7, 11) is 0. The number of nitrogens with zero attached hydrogens (tertiary/aromatic N) is 2. The van der Waals surface area contributed by atoms with E-state index in [-0.39, 0.29) is 0 Å². The van der Waals surface area contributed by atoms with Crippen LogP contribution in [0.3, 0.4) is 0 Å². The van der Waals surface area contributed by atoms with E-state index in [1.807, 2.05) is 8.83 Å². The fraction of sp³-hybridized carbons (Fsp3) is 1.00. The number of alkyl halides is 1. The van der Waals surface area contributed by atoms with Gasteiger partial charge >= 0.3 is 0 Å². The summed E-state index contributed by atoms with van der Waals surface area (Å²) in [6, 6.07) is 0.389. The Morgan fingerprint density at radius 3 is 2.57 bits per heavy atom. The molecule has 0 spiro atoms. The van der Waals surface area contributed by atoms with Gasteiger partial charge in [-0.3, -0.25) is 4.90 Å². The smallest absolute Gasteiger partial charge is 0.167 e. The lowest BCUT2D eigenvalue weighted by Gasteiger charge is -2.41.